The molecule has 0 aliphatic carbocycles. The van der Waals surface area contributed by atoms with E-state index in [0.717, 1.165) is 42.5 Å². The summed E-state index contributed by atoms with van der Waals surface area (Å²) in [6.45, 7) is 0. The summed E-state index contributed by atoms with van der Waals surface area (Å²) in [6.07, 6.45) is -7.76. The number of primary amides is 1. The molecule has 3 nitrogen and oxygen atoms in total. The molecular weight excluding hydrogens is 345 g/mol. The summed E-state index contributed by atoms with van der Waals surface area (Å²) in [7, 11) is 0. The molecule has 134 valence electrons. The van der Waals surface area contributed by atoms with E-state index in [1.54, 1.807) is 0 Å². The van der Waals surface area contributed by atoms with E-state index >= 15 is 0 Å². The fourth-order valence-corrected chi connectivity index (χ4v) is 2.23. The van der Waals surface area contributed by atoms with Crippen LogP contribution in [-0.4, -0.2) is 16.9 Å². The molecule has 0 spiro atoms. The van der Waals surface area contributed by atoms with E-state index in [2.05, 4.69) is 0 Å². The molecule has 0 saturated heterocycles. The Bertz CT molecular complexity index is 809. The maximum atomic E-state index is 14.5. The number of rotatable bonds is 6. The van der Waals surface area contributed by atoms with Crippen molar-refractivity contribution in [1.29, 1.82) is 0 Å². The number of hydrogen-bond acceptors (Lipinski definition) is 2. The Labute approximate surface area is 141 Å². The molecule has 0 saturated carbocycles. The first-order valence-corrected chi connectivity index (χ1v) is 7.03. The Hall–Kier alpha value is -2.48. The van der Waals surface area contributed by atoms with Crippen molar-refractivity contribution < 1.29 is 33.2 Å². The lowest BCUT2D eigenvalue weighted by atomic mass is 9.95. The van der Waals surface area contributed by atoms with Gasteiger partial charge in [-0.25, -0.2) is 22.0 Å². The highest BCUT2D eigenvalue weighted by Crippen LogP contribution is 2.36. The second-order valence-corrected chi connectivity index (χ2v) is 5.30. The maximum absolute atomic E-state index is 14.5. The predicted octanol–water partition coefficient (Wildman–Crippen LogP) is 3.77. The molecule has 1 amide bonds. The normalized spacial score (nSPS) is 14.9. The van der Waals surface area contributed by atoms with E-state index in [4.69, 9.17) is 7.10 Å². The molecule has 2 aromatic rings. The maximum Gasteiger partial charge on any atom is 0.281 e. The molecule has 0 heterocycles. The number of alkyl halides is 4. The highest BCUT2D eigenvalue weighted by Gasteiger charge is 2.40. The van der Waals surface area contributed by atoms with Crippen LogP contribution in [0.2, 0.25) is 0 Å². The lowest BCUT2D eigenvalue weighted by Crippen LogP contribution is -2.29. The number of benzene rings is 2. The number of halogens is 5. The molecule has 8 heteroatoms. The zero-order chi connectivity index (χ0) is 19.7. The Kier molecular flexibility index (Phi) is 4.98. The third-order valence-electron chi connectivity index (χ3n) is 3.54. The van der Waals surface area contributed by atoms with E-state index in [9.17, 15) is 31.9 Å². The molecule has 0 aromatic heterocycles. The molecule has 0 bridgehead atoms. The van der Waals surface area contributed by atoms with E-state index in [0.29, 0.717) is 0 Å². The Balaban J connectivity index is 2.36. The quantitative estimate of drug-likeness (QED) is 0.771. The summed E-state index contributed by atoms with van der Waals surface area (Å²) in [5.41, 5.74) is 2.62. The van der Waals surface area contributed by atoms with Gasteiger partial charge in [-0.15, -0.1) is 0 Å². The Morgan fingerprint density at radius 3 is 2.24 bits per heavy atom. The Morgan fingerprint density at radius 1 is 1.16 bits per heavy atom. The van der Waals surface area contributed by atoms with Crippen LogP contribution in [0.4, 0.5) is 22.0 Å². The van der Waals surface area contributed by atoms with Gasteiger partial charge in [0.2, 0.25) is 0 Å². The third kappa shape index (κ3) is 4.14. The van der Waals surface area contributed by atoms with Crippen molar-refractivity contribution in [2.24, 2.45) is 5.73 Å². The third-order valence-corrected chi connectivity index (χ3v) is 3.54. The summed E-state index contributed by atoms with van der Waals surface area (Å²) in [5, 5.41) is 9.99. The van der Waals surface area contributed by atoms with Crippen LogP contribution in [0, 0.1) is 5.82 Å². The van der Waals surface area contributed by atoms with Gasteiger partial charge in [-0.3, -0.25) is 4.79 Å². The van der Waals surface area contributed by atoms with Crippen molar-refractivity contribution in [1.82, 2.24) is 0 Å². The van der Waals surface area contributed by atoms with Crippen molar-refractivity contribution in [3.63, 3.8) is 0 Å². The van der Waals surface area contributed by atoms with Crippen molar-refractivity contribution in [2.75, 3.05) is 0 Å². The fourth-order valence-electron chi connectivity index (χ4n) is 2.23. The highest BCUT2D eigenvalue weighted by molar-refractivity contribution is 5.93. The van der Waals surface area contributed by atoms with Gasteiger partial charge in [0.1, 0.15) is 11.9 Å². The molecule has 3 N–H and O–H groups in total. The molecule has 1 atom stereocenters. The Morgan fingerprint density at radius 2 is 1.72 bits per heavy atom. The van der Waals surface area contributed by atoms with Gasteiger partial charge in [0.25, 0.3) is 18.3 Å². The smallest absolute Gasteiger partial charge is 0.281 e. The second kappa shape index (κ2) is 7.18. The van der Waals surface area contributed by atoms with Crippen LogP contribution in [0.5, 0.6) is 0 Å². The van der Waals surface area contributed by atoms with Gasteiger partial charge in [0, 0.05) is 12.0 Å². The zero-order valence-corrected chi connectivity index (χ0v) is 12.6. The van der Waals surface area contributed by atoms with Crippen LogP contribution >= 0.6 is 0 Å². The summed E-state index contributed by atoms with van der Waals surface area (Å²) in [4.78, 5) is 11.1. The van der Waals surface area contributed by atoms with Gasteiger partial charge < -0.3 is 10.8 Å². The molecule has 0 aliphatic heterocycles. The monoisotopic (exact) mass is 360 g/mol. The lowest BCUT2D eigenvalue weighted by molar-refractivity contribution is -0.110. The van der Waals surface area contributed by atoms with Gasteiger partial charge in [-0.1, -0.05) is 36.4 Å². The van der Waals surface area contributed by atoms with Crippen LogP contribution in [0.15, 0.2) is 42.5 Å². The molecule has 2 aromatic carbocycles. The van der Waals surface area contributed by atoms with Gasteiger partial charge in [-0.2, -0.15) is 0 Å². The molecule has 1 unspecified atom stereocenters. The van der Waals surface area contributed by atoms with Crippen LogP contribution in [-0.2, 0) is 6.42 Å². The second-order valence-electron chi connectivity index (χ2n) is 5.30. The van der Waals surface area contributed by atoms with Crippen molar-refractivity contribution >= 4 is 5.91 Å². The van der Waals surface area contributed by atoms with Gasteiger partial charge in [-0.05, 0) is 17.2 Å². The summed E-state index contributed by atoms with van der Waals surface area (Å²) in [6, 6.07) is 6.28. The summed E-state index contributed by atoms with van der Waals surface area (Å²) < 4.78 is 75.7. The number of carbonyl (C=O) groups is 1. The SMILES string of the molecule is [2H]C(O)(c1ccc(C(F)F)cc1)C(F)(F)Cc1cccc(C(N)=O)c1F. The molecule has 0 radical (unpaired) electrons. The van der Waals surface area contributed by atoms with Gasteiger partial charge in [0.15, 0.2) is 0 Å². The van der Waals surface area contributed by atoms with Crippen LogP contribution in [0.25, 0.3) is 0 Å². The van der Waals surface area contributed by atoms with Crippen LogP contribution in [0.1, 0.15) is 40.9 Å². The largest absolute Gasteiger partial charge is 0.382 e. The van der Waals surface area contributed by atoms with Crippen LogP contribution in [0.3, 0.4) is 0 Å². The van der Waals surface area contributed by atoms with Crippen molar-refractivity contribution in [3.8, 4) is 0 Å². The van der Waals surface area contributed by atoms with E-state index in [1.807, 2.05) is 0 Å². The minimum atomic E-state index is -4.20. The lowest BCUT2D eigenvalue weighted by Gasteiger charge is -2.23. The predicted molar refractivity (Wildman–Crippen MR) is 79.9 cm³/mol. The number of carbonyl (C=O) groups excluding carboxylic acids is 1. The first-order valence-electron chi connectivity index (χ1n) is 7.53. The van der Waals surface area contributed by atoms with Crippen molar-refractivity contribution in [2.45, 2.75) is 24.8 Å². The van der Waals surface area contributed by atoms with Crippen LogP contribution < -0.4 is 5.73 Å². The molecule has 2 rings (SSSR count). The average molecular weight is 360 g/mol. The van der Waals surface area contributed by atoms with Gasteiger partial charge >= 0.3 is 0 Å². The number of hydrogen-bond donors (Lipinski definition) is 2. The minimum Gasteiger partial charge on any atom is -0.382 e. The van der Waals surface area contributed by atoms with E-state index < -0.39 is 58.8 Å². The van der Waals surface area contributed by atoms with E-state index in [-0.39, 0.29) is 0 Å². The number of aliphatic hydroxyl groups is 1. The molecule has 0 aliphatic rings. The minimum absolute atomic E-state index is 0.465. The standard InChI is InChI=1S/C17H14F5NO2/c18-13-11(2-1-3-12(13)16(23)25)8-17(21,22)14(24)9-4-6-10(7-5-9)15(19)20/h1-7,14-15,24H,8H2,(H2,23,25)/i14D. The van der Waals surface area contributed by atoms with Crippen molar-refractivity contribution in [3.05, 3.63) is 70.5 Å². The zero-order valence-electron chi connectivity index (χ0n) is 13.6. The molecule has 0 fully saturated rings. The number of nitrogens with two attached hydrogens (primary N) is 1. The topological polar surface area (TPSA) is 63.3 Å². The first kappa shape index (κ1) is 17.3. The average Bonchev–Trinajstić information content (AvgIpc) is 2.56. The van der Waals surface area contributed by atoms with Gasteiger partial charge in [0.05, 0.1) is 6.93 Å². The van der Waals surface area contributed by atoms with E-state index in [1.165, 1.54) is 0 Å². The summed E-state index contributed by atoms with van der Waals surface area (Å²) >= 11 is 0. The molecular formula is C17H14F5NO2. The first-order chi connectivity index (χ1) is 12.0. The summed E-state index contributed by atoms with van der Waals surface area (Å²) in [5.74, 6) is -6.63. The number of amides is 1. The molecule has 25 heavy (non-hydrogen) atoms. The fraction of sp³-hybridized carbons (Fsp3) is 0.235. The highest BCUT2D eigenvalue weighted by atomic mass is 19.3.